The topological polar surface area (TPSA) is 23.5 Å². The second-order valence-electron chi connectivity index (χ2n) is 5.14. The Bertz CT molecular complexity index is 164. The zero-order chi connectivity index (χ0) is 11.3. The van der Waals surface area contributed by atoms with Crippen LogP contribution in [0, 0.1) is 0 Å². The van der Waals surface area contributed by atoms with Gasteiger partial charge in [0.1, 0.15) is 0 Å². The fraction of sp³-hybridized carbons (Fsp3) is 1.00. The largest absolute Gasteiger partial charge is 0.392 e. The summed E-state index contributed by atoms with van der Waals surface area (Å²) >= 11 is 0. The fourth-order valence-electron chi connectivity index (χ4n) is 2.57. The Kier molecular flexibility index (Phi) is 5.62. The molecule has 0 radical (unpaired) electrons. The molecule has 1 rings (SSSR count). The molecule has 0 aromatic carbocycles. The van der Waals surface area contributed by atoms with Crippen LogP contribution in [0.2, 0.25) is 0 Å². The van der Waals surface area contributed by atoms with Crippen molar-refractivity contribution in [2.75, 3.05) is 6.54 Å². The summed E-state index contributed by atoms with van der Waals surface area (Å²) in [6.07, 6.45) is 7.53. The van der Waals surface area contributed by atoms with Crippen molar-refractivity contribution in [2.45, 2.75) is 77.5 Å². The van der Waals surface area contributed by atoms with E-state index in [0.717, 1.165) is 19.0 Å². The highest BCUT2D eigenvalue weighted by molar-refractivity contribution is 4.79. The van der Waals surface area contributed by atoms with Gasteiger partial charge in [-0.3, -0.25) is 4.90 Å². The van der Waals surface area contributed by atoms with Crippen LogP contribution in [0.3, 0.4) is 0 Å². The van der Waals surface area contributed by atoms with Crippen molar-refractivity contribution in [2.24, 2.45) is 0 Å². The van der Waals surface area contributed by atoms with Gasteiger partial charge in [0.15, 0.2) is 0 Å². The maximum absolute atomic E-state index is 9.77. The summed E-state index contributed by atoms with van der Waals surface area (Å²) in [5.74, 6) is 0. The van der Waals surface area contributed by atoms with Gasteiger partial charge in [-0.25, -0.2) is 0 Å². The summed E-state index contributed by atoms with van der Waals surface area (Å²) in [6, 6.07) is 1.29. The van der Waals surface area contributed by atoms with E-state index < -0.39 is 0 Å². The van der Waals surface area contributed by atoms with Crippen molar-refractivity contribution in [3.63, 3.8) is 0 Å². The Morgan fingerprint density at radius 2 is 1.80 bits per heavy atom. The highest BCUT2D eigenvalue weighted by Crippen LogP contribution is 2.24. The number of aliphatic hydroxyl groups excluding tert-OH is 1. The fourth-order valence-corrected chi connectivity index (χ4v) is 2.57. The van der Waals surface area contributed by atoms with E-state index in [4.69, 9.17) is 0 Å². The van der Waals surface area contributed by atoms with Crippen LogP contribution in [0.5, 0.6) is 0 Å². The second-order valence-corrected chi connectivity index (χ2v) is 5.14. The lowest BCUT2D eigenvalue weighted by Gasteiger charge is -2.38. The molecule has 0 amide bonds. The SMILES string of the molecule is CC[C@@H](O)CN(C(C)C)C1CCCCC1. The molecule has 0 spiro atoms. The van der Waals surface area contributed by atoms with Gasteiger partial charge in [-0.1, -0.05) is 26.2 Å². The Morgan fingerprint density at radius 3 is 2.27 bits per heavy atom. The minimum absolute atomic E-state index is 0.144. The van der Waals surface area contributed by atoms with Gasteiger partial charge in [-0.2, -0.15) is 0 Å². The van der Waals surface area contributed by atoms with Crippen LogP contribution in [0.15, 0.2) is 0 Å². The van der Waals surface area contributed by atoms with Gasteiger partial charge in [0, 0.05) is 18.6 Å². The van der Waals surface area contributed by atoms with Gasteiger partial charge in [-0.15, -0.1) is 0 Å². The minimum Gasteiger partial charge on any atom is -0.392 e. The molecule has 0 unspecified atom stereocenters. The third-order valence-electron chi connectivity index (χ3n) is 3.60. The first kappa shape index (κ1) is 13.0. The quantitative estimate of drug-likeness (QED) is 0.759. The number of hydrogen-bond donors (Lipinski definition) is 1. The Labute approximate surface area is 94.7 Å². The van der Waals surface area contributed by atoms with Crippen molar-refractivity contribution in [1.82, 2.24) is 4.90 Å². The lowest BCUT2D eigenvalue weighted by Crippen LogP contribution is -2.45. The molecule has 0 saturated heterocycles. The molecule has 2 heteroatoms. The maximum atomic E-state index is 9.77. The van der Waals surface area contributed by atoms with Crippen molar-refractivity contribution < 1.29 is 5.11 Å². The van der Waals surface area contributed by atoms with E-state index >= 15 is 0 Å². The zero-order valence-corrected chi connectivity index (χ0v) is 10.6. The van der Waals surface area contributed by atoms with E-state index in [9.17, 15) is 5.11 Å². The van der Waals surface area contributed by atoms with E-state index in [0.29, 0.717) is 6.04 Å². The molecule has 1 fully saturated rings. The number of hydrogen-bond acceptors (Lipinski definition) is 2. The molecule has 1 aliphatic rings. The molecular formula is C13H27NO. The zero-order valence-electron chi connectivity index (χ0n) is 10.6. The van der Waals surface area contributed by atoms with Gasteiger partial charge < -0.3 is 5.11 Å². The van der Waals surface area contributed by atoms with E-state index in [1.54, 1.807) is 0 Å². The van der Waals surface area contributed by atoms with E-state index in [2.05, 4.69) is 25.7 Å². The molecule has 90 valence electrons. The smallest absolute Gasteiger partial charge is 0.0664 e. The molecule has 1 aliphatic carbocycles. The molecule has 0 heterocycles. The monoisotopic (exact) mass is 213 g/mol. The molecule has 0 aromatic heterocycles. The lowest BCUT2D eigenvalue weighted by atomic mass is 9.93. The standard InChI is InChI=1S/C13H27NO/c1-4-13(15)10-14(11(2)3)12-8-6-5-7-9-12/h11-13,15H,4-10H2,1-3H3/t13-/m1/s1. The Morgan fingerprint density at radius 1 is 1.20 bits per heavy atom. The first-order chi connectivity index (χ1) is 7.15. The lowest BCUT2D eigenvalue weighted by molar-refractivity contribution is 0.0505. The molecule has 0 bridgehead atoms. The summed E-state index contributed by atoms with van der Waals surface area (Å²) in [7, 11) is 0. The average Bonchev–Trinajstić information content (AvgIpc) is 2.26. The van der Waals surface area contributed by atoms with Crippen molar-refractivity contribution in [3.8, 4) is 0 Å². The molecule has 0 aliphatic heterocycles. The minimum atomic E-state index is -0.144. The summed E-state index contributed by atoms with van der Waals surface area (Å²) in [5, 5.41) is 9.77. The van der Waals surface area contributed by atoms with Crippen LogP contribution in [-0.4, -0.2) is 34.7 Å². The van der Waals surface area contributed by atoms with Gasteiger partial charge in [0.05, 0.1) is 6.10 Å². The highest BCUT2D eigenvalue weighted by Gasteiger charge is 2.24. The highest BCUT2D eigenvalue weighted by atomic mass is 16.3. The molecule has 1 saturated carbocycles. The van der Waals surface area contributed by atoms with Gasteiger partial charge in [0.2, 0.25) is 0 Å². The molecule has 1 atom stereocenters. The maximum Gasteiger partial charge on any atom is 0.0664 e. The van der Waals surface area contributed by atoms with Crippen LogP contribution in [0.25, 0.3) is 0 Å². The molecule has 15 heavy (non-hydrogen) atoms. The number of nitrogens with zero attached hydrogens (tertiary/aromatic N) is 1. The summed E-state index contributed by atoms with van der Waals surface area (Å²) in [5.41, 5.74) is 0. The van der Waals surface area contributed by atoms with Gasteiger partial charge in [-0.05, 0) is 33.1 Å². The molecular weight excluding hydrogens is 186 g/mol. The van der Waals surface area contributed by atoms with E-state index in [1.807, 2.05) is 0 Å². The first-order valence-electron chi connectivity index (χ1n) is 6.59. The Balaban J connectivity index is 2.48. The molecule has 2 nitrogen and oxygen atoms in total. The normalized spacial score (nSPS) is 21.2. The van der Waals surface area contributed by atoms with Crippen molar-refractivity contribution in [1.29, 1.82) is 0 Å². The second kappa shape index (κ2) is 6.49. The first-order valence-corrected chi connectivity index (χ1v) is 6.59. The predicted octanol–water partition coefficient (Wildman–Crippen LogP) is 2.80. The third-order valence-corrected chi connectivity index (χ3v) is 3.60. The number of aliphatic hydroxyl groups is 1. The summed E-state index contributed by atoms with van der Waals surface area (Å²) < 4.78 is 0. The van der Waals surface area contributed by atoms with Crippen LogP contribution >= 0.6 is 0 Å². The van der Waals surface area contributed by atoms with Crippen LogP contribution < -0.4 is 0 Å². The molecule has 0 aromatic rings. The van der Waals surface area contributed by atoms with Crippen molar-refractivity contribution >= 4 is 0 Å². The van der Waals surface area contributed by atoms with E-state index in [-0.39, 0.29) is 6.10 Å². The van der Waals surface area contributed by atoms with Crippen molar-refractivity contribution in [3.05, 3.63) is 0 Å². The number of rotatable bonds is 5. The summed E-state index contributed by atoms with van der Waals surface area (Å²) in [4.78, 5) is 2.51. The summed E-state index contributed by atoms with van der Waals surface area (Å²) in [6.45, 7) is 7.41. The third kappa shape index (κ3) is 4.12. The van der Waals surface area contributed by atoms with Crippen LogP contribution in [-0.2, 0) is 0 Å². The van der Waals surface area contributed by atoms with E-state index in [1.165, 1.54) is 32.1 Å². The molecule has 1 N–H and O–H groups in total. The van der Waals surface area contributed by atoms with Gasteiger partial charge >= 0.3 is 0 Å². The van der Waals surface area contributed by atoms with Crippen LogP contribution in [0.1, 0.15) is 59.3 Å². The average molecular weight is 213 g/mol. The van der Waals surface area contributed by atoms with Gasteiger partial charge in [0.25, 0.3) is 0 Å². The van der Waals surface area contributed by atoms with Crippen LogP contribution in [0.4, 0.5) is 0 Å². The predicted molar refractivity (Wildman–Crippen MR) is 65.0 cm³/mol. The Hall–Kier alpha value is -0.0800.